The monoisotopic (exact) mass is 363 g/mol. The number of carboxylic acids is 1. The van der Waals surface area contributed by atoms with Crippen LogP contribution in [0.3, 0.4) is 0 Å². The third kappa shape index (κ3) is 3.09. The minimum absolute atomic E-state index is 0.158. The van der Waals surface area contributed by atoms with Crippen LogP contribution in [-0.2, 0) is 11.3 Å². The molecule has 1 aliphatic carbocycles. The standard InChI is InChI=1S/C18H19F2N3O3/c19-12-6-5-11(7-13(12)20)17-21-16(26-22-17)9-23-14-4-2-1-3-10(14)8-15(23)18(24)25/h5-7,10,14-15H,1-4,8-9H2,(H,24,25). The van der Waals surface area contributed by atoms with Gasteiger partial charge < -0.3 is 9.63 Å². The summed E-state index contributed by atoms with van der Waals surface area (Å²) in [5.41, 5.74) is 0.311. The maximum atomic E-state index is 13.4. The molecule has 2 aliphatic rings. The average molecular weight is 363 g/mol. The largest absolute Gasteiger partial charge is 0.480 e. The van der Waals surface area contributed by atoms with Crippen molar-refractivity contribution in [3.8, 4) is 11.4 Å². The lowest BCUT2D eigenvalue weighted by Gasteiger charge is -2.31. The molecular formula is C18H19F2N3O3. The van der Waals surface area contributed by atoms with E-state index < -0.39 is 23.6 Å². The van der Waals surface area contributed by atoms with Crippen LogP contribution in [0.5, 0.6) is 0 Å². The number of halogens is 2. The molecule has 1 N–H and O–H groups in total. The Morgan fingerprint density at radius 3 is 2.85 bits per heavy atom. The van der Waals surface area contributed by atoms with E-state index in [-0.39, 0.29) is 24.3 Å². The quantitative estimate of drug-likeness (QED) is 0.898. The van der Waals surface area contributed by atoms with Crippen molar-refractivity contribution >= 4 is 5.97 Å². The summed E-state index contributed by atoms with van der Waals surface area (Å²) in [6.45, 7) is 0.245. The number of nitrogens with zero attached hydrogens (tertiary/aromatic N) is 3. The molecule has 3 atom stereocenters. The van der Waals surface area contributed by atoms with Crippen molar-refractivity contribution in [2.24, 2.45) is 5.92 Å². The first-order chi connectivity index (χ1) is 12.5. The molecular weight excluding hydrogens is 344 g/mol. The van der Waals surface area contributed by atoms with Gasteiger partial charge in [0.15, 0.2) is 11.6 Å². The number of benzene rings is 1. The van der Waals surface area contributed by atoms with Gasteiger partial charge in [0.25, 0.3) is 0 Å². The van der Waals surface area contributed by atoms with Crippen LogP contribution in [0.1, 0.15) is 38.0 Å². The summed E-state index contributed by atoms with van der Waals surface area (Å²) in [6.07, 6.45) is 4.90. The Morgan fingerprint density at radius 2 is 2.08 bits per heavy atom. The fourth-order valence-corrected chi connectivity index (χ4v) is 4.25. The van der Waals surface area contributed by atoms with Crippen molar-refractivity contribution in [1.82, 2.24) is 15.0 Å². The van der Waals surface area contributed by atoms with Crippen LogP contribution >= 0.6 is 0 Å². The summed E-state index contributed by atoms with van der Waals surface area (Å²) >= 11 is 0. The van der Waals surface area contributed by atoms with Crippen LogP contribution < -0.4 is 0 Å². The van der Waals surface area contributed by atoms with Gasteiger partial charge in [-0.15, -0.1) is 0 Å². The average Bonchev–Trinajstić information content (AvgIpc) is 3.23. The van der Waals surface area contributed by atoms with Gasteiger partial charge >= 0.3 is 5.97 Å². The smallest absolute Gasteiger partial charge is 0.320 e. The van der Waals surface area contributed by atoms with Gasteiger partial charge in [0, 0.05) is 11.6 Å². The SMILES string of the molecule is O=C(O)C1CC2CCCCC2N1Cc1nc(-c2ccc(F)c(F)c2)no1. The molecule has 0 amide bonds. The lowest BCUT2D eigenvalue weighted by atomic mass is 9.85. The van der Waals surface area contributed by atoms with E-state index in [1.54, 1.807) is 0 Å². The fourth-order valence-electron chi connectivity index (χ4n) is 4.25. The molecule has 3 unspecified atom stereocenters. The zero-order valence-electron chi connectivity index (χ0n) is 14.1. The highest BCUT2D eigenvalue weighted by molar-refractivity contribution is 5.74. The van der Waals surface area contributed by atoms with Crippen LogP contribution in [0.2, 0.25) is 0 Å². The highest BCUT2D eigenvalue weighted by Gasteiger charge is 2.45. The van der Waals surface area contributed by atoms with E-state index >= 15 is 0 Å². The molecule has 2 aromatic rings. The summed E-state index contributed by atoms with van der Waals surface area (Å²) in [5.74, 6) is -1.93. The minimum atomic E-state index is -0.982. The molecule has 2 fully saturated rings. The fraction of sp³-hybridized carbons (Fsp3) is 0.500. The van der Waals surface area contributed by atoms with E-state index in [1.165, 1.54) is 6.07 Å². The van der Waals surface area contributed by atoms with Gasteiger partial charge in [-0.3, -0.25) is 9.69 Å². The Labute approximate surface area is 148 Å². The molecule has 1 aliphatic heterocycles. The molecule has 8 heteroatoms. The number of aromatic nitrogens is 2. The van der Waals surface area contributed by atoms with Crippen LogP contribution in [0, 0.1) is 17.6 Å². The molecule has 1 saturated heterocycles. The molecule has 138 valence electrons. The first-order valence-electron chi connectivity index (χ1n) is 8.79. The Balaban J connectivity index is 1.55. The third-order valence-electron chi connectivity index (χ3n) is 5.47. The lowest BCUT2D eigenvalue weighted by Crippen LogP contribution is -2.41. The molecule has 0 spiro atoms. The van der Waals surface area contributed by atoms with E-state index in [9.17, 15) is 18.7 Å². The van der Waals surface area contributed by atoms with E-state index in [0.717, 1.165) is 37.8 Å². The van der Waals surface area contributed by atoms with E-state index in [4.69, 9.17) is 4.52 Å². The zero-order chi connectivity index (χ0) is 18.3. The van der Waals surface area contributed by atoms with Crippen molar-refractivity contribution in [3.63, 3.8) is 0 Å². The molecule has 1 aromatic carbocycles. The van der Waals surface area contributed by atoms with Crippen LogP contribution in [-0.4, -0.2) is 38.2 Å². The third-order valence-corrected chi connectivity index (χ3v) is 5.47. The Bertz CT molecular complexity index is 826. The molecule has 0 radical (unpaired) electrons. The zero-order valence-corrected chi connectivity index (χ0v) is 14.1. The van der Waals surface area contributed by atoms with Gasteiger partial charge in [-0.25, -0.2) is 8.78 Å². The number of likely N-dealkylation sites (tertiary alicyclic amines) is 1. The number of hydrogen-bond donors (Lipinski definition) is 1. The first kappa shape index (κ1) is 17.1. The number of fused-ring (bicyclic) bond motifs is 1. The van der Waals surface area contributed by atoms with Crippen molar-refractivity contribution in [2.75, 3.05) is 0 Å². The summed E-state index contributed by atoms with van der Waals surface area (Å²) in [7, 11) is 0. The van der Waals surface area contributed by atoms with E-state index in [0.29, 0.717) is 17.9 Å². The summed E-state index contributed by atoms with van der Waals surface area (Å²) < 4.78 is 31.7. The van der Waals surface area contributed by atoms with Gasteiger partial charge in [-0.2, -0.15) is 4.98 Å². The summed E-state index contributed by atoms with van der Waals surface area (Å²) in [4.78, 5) is 17.8. The maximum Gasteiger partial charge on any atom is 0.320 e. The Hall–Kier alpha value is -2.35. The number of rotatable bonds is 4. The minimum Gasteiger partial charge on any atom is -0.480 e. The molecule has 1 saturated carbocycles. The summed E-state index contributed by atoms with van der Waals surface area (Å²) in [6, 6.07) is 3.05. The van der Waals surface area contributed by atoms with E-state index in [1.807, 2.05) is 4.90 Å². The van der Waals surface area contributed by atoms with Gasteiger partial charge in [0.2, 0.25) is 11.7 Å². The second kappa shape index (κ2) is 6.75. The van der Waals surface area contributed by atoms with Crippen LogP contribution in [0.15, 0.2) is 22.7 Å². The summed E-state index contributed by atoms with van der Waals surface area (Å²) in [5, 5.41) is 13.4. The number of carbonyl (C=O) groups is 1. The molecule has 26 heavy (non-hydrogen) atoms. The van der Waals surface area contributed by atoms with E-state index in [2.05, 4.69) is 10.1 Å². The van der Waals surface area contributed by atoms with Gasteiger partial charge in [-0.1, -0.05) is 18.0 Å². The van der Waals surface area contributed by atoms with Crippen LogP contribution in [0.25, 0.3) is 11.4 Å². The molecule has 0 bridgehead atoms. The van der Waals surface area contributed by atoms with Crippen LogP contribution in [0.4, 0.5) is 8.78 Å². The van der Waals surface area contributed by atoms with Crippen molar-refractivity contribution < 1.29 is 23.2 Å². The Kier molecular flexibility index (Phi) is 4.44. The van der Waals surface area contributed by atoms with Crippen molar-refractivity contribution in [1.29, 1.82) is 0 Å². The number of hydrogen-bond acceptors (Lipinski definition) is 5. The normalized spacial score (nSPS) is 26.0. The number of carboxylic acid groups (broad SMARTS) is 1. The van der Waals surface area contributed by atoms with Crippen molar-refractivity contribution in [2.45, 2.75) is 50.7 Å². The lowest BCUT2D eigenvalue weighted by molar-refractivity contribution is -0.143. The second-order valence-electron chi connectivity index (χ2n) is 7.01. The molecule has 4 rings (SSSR count). The second-order valence-corrected chi connectivity index (χ2v) is 7.01. The molecule has 2 heterocycles. The maximum absolute atomic E-state index is 13.4. The highest BCUT2D eigenvalue weighted by Crippen LogP contribution is 2.40. The number of aliphatic carboxylic acids is 1. The molecule has 1 aromatic heterocycles. The van der Waals surface area contributed by atoms with Gasteiger partial charge in [0.1, 0.15) is 6.04 Å². The Morgan fingerprint density at radius 1 is 1.27 bits per heavy atom. The first-order valence-corrected chi connectivity index (χ1v) is 8.79. The predicted molar refractivity (Wildman–Crippen MR) is 87.0 cm³/mol. The van der Waals surface area contributed by atoms with Gasteiger partial charge in [-0.05, 0) is 43.4 Å². The molecule has 6 nitrogen and oxygen atoms in total. The van der Waals surface area contributed by atoms with Crippen molar-refractivity contribution in [3.05, 3.63) is 35.7 Å². The predicted octanol–water partition coefficient (Wildman–Crippen LogP) is 3.23. The van der Waals surface area contributed by atoms with Gasteiger partial charge in [0.05, 0.1) is 6.54 Å². The topological polar surface area (TPSA) is 79.5 Å². The highest BCUT2D eigenvalue weighted by atomic mass is 19.2.